The summed E-state index contributed by atoms with van der Waals surface area (Å²) >= 11 is 0. The van der Waals surface area contributed by atoms with Gasteiger partial charge in [0.05, 0.1) is 6.67 Å². The summed E-state index contributed by atoms with van der Waals surface area (Å²) in [5.41, 5.74) is 0. The number of rotatable bonds is 4. The van der Waals surface area contributed by atoms with Crippen LogP contribution in [0.1, 0.15) is 19.8 Å². The third-order valence-corrected chi connectivity index (χ3v) is 2.40. The Labute approximate surface area is 90.2 Å². The molecule has 2 heterocycles. The van der Waals surface area contributed by atoms with Crippen LogP contribution in [0, 0.1) is 0 Å². The summed E-state index contributed by atoms with van der Waals surface area (Å²) in [5.74, 6) is 0.771. The van der Waals surface area contributed by atoms with Crippen molar-refractivity contribution in [1.29, 1.82) is 0 Å². The van der Waals surface area contributed by atoms with E-state index in [9.17, 15) is 0 Å². The zero-order chi connectivity index (χ0) is 10.5. The van der Waals surface area contributed by atoms with Gasteiger partial charge in [0.1, 0.15) is 0 Å². The van der Waals surface area contributed by atoms with E-state index in [1.807, 2.05) is 12.3 Å². The lowest BCUT2D eigenvalue weighted by atomic mass is 10.3. The van der Waals surface area contributed by atoms with Crippen molar-refractivity contribution in [2.75, 3.05) is 18.1 Å². The predicted octanol–water partition coefficient (Wildman–Crippen LogP) is 1.83. The minimum absolute atomic E-state index is 0.771. The van der Waals surface area contributed by atoms with Gasteiger partial charge in [0.25, 0.3) is 0 Å². The van der Waals surface area contributed by atoms with E-state index < -0.39 is 0 Å². The fourth-order valence-corrected chi connectivity index (χ4v) is 1.54. The van der Waals surface area contributed by atoms with Crippen molar-refractivity contribution < 1.29 is 0 Å². The lowest BCUT2D eigenvalue weighted by molar-refractivity contribution is 0.395. The summed E-state index contributed by atoms with van der Waals surface area (Å²) in [6, 6.07) is 1.83. The first-order chi connectivity index (χ1) is 7.40. The molecule has 4 heteroatoms. The molecule has 0 amide bonds. The summed E-state index contributed by atoms with van der Waals surface area (Å²) in [6.45, 7) is 4.18. The molecule has 0 aliphatic carbocycles. The molecule has 4 nitrogen and oxygen atoms in total. The van der Waals surface area contributed by atoms with E-state index in [-0.39, 0.29) is 0 Å². The van der Waals surface area contributed by atoms with Gasteiger partial charge >= 0.3 is 0 Å². The van der Waals surface area contributed by atoms with Crippen molar-refractivity contribution in [2.45, 2.75) is 19.8 Å². The van der Waals surface area contributed by atoms with E-state index in [2.05, 4.69) is 32.9 Å². The highest BCUT2D eigenvalue weighted by atomic mass is 15.4. The Bertz CT molecular complexity index is 323. The Hall–Kier alpha value is -1.58. The van der Waals surface area contributed by atoms with Crippen molar-refractivity contribution in [3.63, 3.8) is 0 Å². The normalized spacial score (nSPS) is 15.0. The Balaban J connectivity index is 1.91. The zero-order valence-electron chi connectivity index (χ0n) is 9.00. The van der Waals surface area contributed by atoms with E-state index in [1.165, 1.54) is 12.8 Å². The second kappa shape index (κ2) is 4.77. The van der Waals surface area contributed by atoms with Crippen molar-refractivity contribution >= 4 is 5.95 Å². The number of nitrogens with zero attached hydrogens (tertiary/aromatic N) is 4. The molecular formula is C11H16N4. The molecule has 0 saturated heterocycles. The van der Waals surface area contributed by atoms with Gasteiger partial charge in [0, 0.05) is 31.3 Å². The summed E-state index contributed by atoms with van der Waals surface area (Å²) in [7, 11) is 0. The third kappa shape index (κ3) is 2.46. The molecule has 0 radical (unpaired) electrons. The molecule has 0 fully saturated rings. The maximum Gasteiger partial charge on any atom is 0.230 e. The SMILES string of the molecule is CCCCN1C=CN(c2ncccn2)C1. The Morgan fingerprint density at radius 1 is 1.27 bits per heavy atom. The predicted molar refractivity (Wildman–Crippen MR) is 60.1 cm³/mol. The average molecular weight is 204 g/mol. The molecule has 0 unspecified atom stereocenters. The topological polar surface area (TPSA) is 32.3 Å². The van der Waals surface area contributed by atoms with Crippen LogP contribution in [-0.2, 0) is 0 Å². The smallest absolute Gasteiger partial charge is 0.230 e. The lowest BCUT2D eigenvalue weighted by Gasteiger charge is -2.19. The first kappa shape index (κ1) is 9.96. The van der Waals surface area contributed by atoms with Crippen LogP contribution in [0.2, 0.25) is 0 Å². The molecule has 1 aromatic rings. The van der Waals surface area contributed by atoms with Gasteiger partial charge in [0.15, 0.2) is 0 Å². The highest BCUT2D eigenvalue weighted by Gasteiger charge is 2.14. The van der Waals surface area contributed by atoms with Crippen molar-refractivity contribution in [2.24, 2.45) is 0 Å². The molecule has 0 N–H and O–H groups in total. The molecule has 0 spiro atoms. The largest absolute Gasteiger partial charge is 0.358 e. The molecule has 15 heavy (non-hydrogen) atoms. The van der Waals surface area contributed by atoms with Crippen molar-refractivity contribution in [1.82, 2.24) is 14.9 Å². The van der Waals surface area contributed by atoms with Gasteiger partial charge in [-0.05, 0) is 12.5 Å². The molecule has 1 aliphatic heterocycles. The van der Waals surface area contributed by atoms with Gasteiger partial charge in [0.2, 0.25) is 5.95 Å². The summed E-state index contributed by atoms with van der Waals surface area (Å²) in [6.07, 6.45) is 10.1. The number of aromatic nitrogens is 2. The highest BCUT2D eigenvalue weighted by Crippen LogP contribution is 2.13. The van der Waals surface area contributed by atoms with E-state index in [4.69, 9.17) is 0 Å². The van der Waals surface area contributed by atoms with Gasteiger partial charge in [-0.1, -0.05) is 13.3 Å². The van der Waals surface area contributed by atoms with Gasteiger partial charge in [-0.25, -0.2) is 9.97 Å². The number of unbranched alkanes of at least 4 members (excludes halogenated alkanes) is 1. The number of anilines is 1. The fourth-order valence-electron chi connectivity index (χ4n) is 1.54. The van der Waals surface area contributed by atoms with Crippen LogP contribution in [0.25, 0.3) is 0 Å². The number of hydrogen-bond acceptors (Lipinski definition) is 4. The van der Waals surface area contributed by atoms with Crippen LogP contribution in [0.3, 0.4) is 0 Å². The van der Waals surface area contributed by atoms with Crippen LogP contribution in [0.4, 0.5) is 5.95 Å². The first-order valence-corrected chi connectivity index (χ1v) is 5.36. The van der Waals surface area contributed by atoms with Gasteiger partial charge in [-0.2, -0.15) is 0 Å². The third-order valence-electron chi connectivity index (χ3n) is 2.40. The molecule has 0 aromatic carbocycles. The molecule has 1 aromatic heterocycles. The summed E-state index contributed by atoms with van der Waals surface area (Å²) in [4.78, 5) is 12.8. The average Bonchev–Trinajstić information content (AvgIpc) is 2.76. The summed E-state index contributed by atoms with van der Waals surface area (Å²) in [5, 5.41) is 0. The monoisotopic (exact) mass is 204 g/mol. The standard InChI is InChI=1S/C11H16N4/c1-2-3-7-14-8-9-15(10-14)11-12-5-4-6-13-11/h4-6,8-9H,2-3,7,10H2,1H3. The van der Waals surface area contributed by atoms with Crippen LogP contribution in [0.15, 0.2) is 30.9 Å². The molecule has 0 saturated carbocycles. The Morgan fingerprint density at radius 2 is 2.07 bits per heavy atom. The molecular weight excluding hydrogens is 188 g/mol. The minimum atomic E-state index is 0.771. The summed E-state index contributed by atoms with van der Waals surface area (Å²) < 4.78 is 0. The van der Waals surface area contributed by atoms with E-state index >= 15 is 0 Å². The second-order valence-electron chi connectivity index (χ2n) is 3.62. The van der Waals surface area contributed by atoms with E-state index in [0.717, 1.165) is 19.2 Å². The second-order valence-corrected chi connectivity index (χ2v) is 3.62. The fraction of sp³-hybridized carbons (Fsp3) is 0.455. The first-order valence-electron chi connectivity index (χ1n) is 5.36. The van der Waals surface area contributed by atoms with Crippen molar-refractivity contribution in [3.05, 3.63) is 30.9 Å². The Kier molecular flexibility index (Phi) is 3.17. The lowest BCUT2D eigenvalue weighted by Crippen LogP contribution is -2.26. The quantitative estimate of drug-likeness (QED) is 0.749. The molecule has 1 aliphatic rings. The van der Waals surface area contributed by atoms with Gasteiger partial charge < -0.3 is 4.90 Å². The van der Waals surface area contributed by atoms with Gasteiger partial charge in [-0.15, -0.1) is 0 Å². The minimum Gasteiger partial charge on any atom is -0.358 e. The molecule has 0 bridgehead atoms. The highest BCUT2D eigenvalue weighted by molar-refractivity contribution is 5.35. The van der Waals surface area contributed by atoms with E-state index in [0.29, 0.717) is 0 Å². The maximum absolute atomic E-state index is 4.21. The number of hydrogen-bond donors (Lipinski definition) is 0. The molecule has 0 atom stereocenters. The zero-order valence-corrected chi connectivity index (χ0v) is 9.00. The van der Waals surface area contributed by atoms with E-state index in [1.54, 1.807) is 12.4 Å². The molecule has 2 rings (SSSR count). The van der Waals surface area contributed by atoms with Crippen LogP contribution < -0.4 is 4.90 Å². The van der Waals surface area contributed by atoms with Gasteiger partial charge in [-0.3, -0.25) is 4.90 Å². The van der Waals surface area contributed by atoms with Crippen LogP contribution in [0.5, 0.6) is 0 Å². The van der Waals surface area contributed by atoms with Crippen LogP contribution >= 0.6 is 0 Å². The Morgan fingerprint density at radius 3 is 2.80 bits per heavy atom. The van der Waals surface area contributed by atoms with Crippen LogP contribution in [-0.4, -0.2) is 28.1 Å². The molecule has 80 valence electrons. The van der Waals surface area contributed by atoms with Crippen molar-refractivity contribution in [3.8, 4) is 0 Å². The maximum atomic E-state index is 4.21.